The molecule has 2 fully saturated rings. The number of halogens is 2. The lowest BCUT2D eigenvalue weighted by molar-refractivity contribution is -0.146. The number of nitrogens with one attached hydrogen (secondary N) is 1. The van der Waals surface area contributed by atoms with Crippen molar-refractivity contribution in [3.05, 3.63) is 60.2 Å². The number of pyridine rings is 2. The van der Waals surface area contributed by atoms with E-state index in [1.54, 1.807) is 43.6 Å². The van der Waals surface area contributed by atoms with E-state index in [-0.39, 0.29) is 18.3 Å². The van der Waals surface area contributed by atoms with Crippen LogP contribution in [0.15, 0.2) is 53.7 Å². The summed E-state index contributed by atoms with van der Waals surface area (Å²) in [4.78, 5) is 32.6. The smallest absolute Gasteiger partial charge is 0.308 e. The third-order valence-electron chi connectivity index (χ3n) is 8.26. The number of ether oxygens (including phenoxy) is 1. The second kappa shape index (κ2) is 16.6. The maximum atomic E-state index is 15.4. The molecule has 44 heavy (non-hydrogen) atoms. The van der Waals surface area contributed by atoms with Crippen LogP contribution in [-0.4, -0.2) is 82.6 Å². The highest BCUT2D eigenvalue weighted by Gasteiger charge is 2.34. The Balaban J connectivity index is 0.000000421. The molecule has 0 spiro atoms. The molecule has 0 aliphatic carbocycles. The molecule has 2 aliphatic rings. The summed E-state index contributed by atoms with van der Waals surface area (Å²) < 4.78 is 33.9. The first-order valence-electron chi connectivity index (χ1n) is 15.0. The molecule has 0 saturated carbocycles. The van der Waals surface area contributed by atoms with Gasteiger partial charge >= 0.3 is 11.9 Å². The molecule has 238 valence electrons. The van der Waals surface area contributed by atoms with Gasteiger partial charge in [-0.1, -0.05) is 6.07 Å². The van der Waals surface area contributed by atoms with E-state index < -0.39 is 30.0 Å². The quantitative estimate of drug-likeness (QED) is 0.186. The number of nitrogens with zero attached hydrogens (tertiary/aromatic N) is 3. The van der Waals surface area contributed by atoms with Crippen LogP contribution in [0.3, 0.4) is 0 Å². The summed E-state index contributed by atoms with van der Waals surface area (Å²) in [6.45, 7) is 3.51. The van der Waals surface area contributed by atoms with Gasteiger partial charge in [0.05, 0.1) is 29.5 Å². The van der Waals surface area contributed by atoms with E-state index in [4.69, 9.17) is 9.84 Å². The predicted molar refractivity (Wildman–Crippen MR) is 165 cm³/mol. The number of benzene rings is 1. The molecule has 2 saturated heterocycles. The van der Waals surface area contributed by atoms with Gasteiger partial charge in [-0.3, -0.25) is 14.6 Å². The second-order valence-electron chi connectivity index (χ2n) is 11.2. The zero-order valence-electron chi connectivity index (χ0n) is 24.8. The fourth-order valence-corrected chi connectivity index (χ4v) is 6.66. The van der Waals surface area contributed by atoms with E-state index in [9.17, 15) is 19.1 Å². The van der Waals surface area contributed by atoms with Crippen LogP contribution in [-0.2, 0) is 9.59 Å². The summed E-state index contributed by atoms with van der Waals surface area (Å²) in [5.41, 5.74) is 1.26. The van der Waals surface area contributed by atoms with Crippen LogP contribution in [0.25, 0.3) is 10.9 Å². The van der Waals surface area contributed by atoms with Gasteiger partial charge in [-0.25, -0.2) is 9.37 Å². The van der Waals surface area contributed by atoms with Crippen LogP contribution in [0.5, 0.6) is 5.75 Å². The zero-order chi connectivity index (χ0) is 31.5. The fraction of sp³-hybridized carbons (Fsp3) is 0.500. The van der Waals surface area contributed by atoms with Crippen LogP contribution < -0.4 is 10.1 Å². The number of aromatic nitrogens is 2. The van der Waals surface area contributed by atoms with Crippen LogP contribution in [0.4, 0.5) is 8.78 Å². The van der Waals surface area contributed by atoms with Crippen molar-refractivity contribution in [2.45, 2.75) is 43.3 Å². The molecule has 5 rings (SSSR count). The Kier molecular flexibility index (Phi) is 12.7. The monoisotopic (exact) mass is 630 g/mol. The average molecular weight is 631 g/mol. The highest BCUT2D eigenvalue weighted by Crippen LogP contribution is 2.35. The van der Waals surface area contributed by atoms with E-state index >= 15 is 4.39 Å². The molecular weight excluding hydrogens is 590 g/mol. The van der Waals surface area contributed by atoms with Crippen molar-refractivity contribution in [3.8, 4) is 5.75 Å². The van der Waals surface area contributed by atoms with Crippen molar-refractivity contribution in [2.24, 2.45) is 17.8 Å². The van der Waals surface area contributed by atoms with Gasteiger partial charge < -0.3 is 25.2 Å². The summed E-state index contributed by atoms with van der Waals surface area (Å²) in [5.74, 6) is -1.44. The molecule has 4 heterocycles. The van der Waals surface area contributed by atoms with Crippen molar-refractivity contribution in [1.82, 2.24) is 20.2 Å². The minimum Gasteiger partial charge on any atom is -0.497 e. The number of likely N-dealkylation sites (tertiary alicyclic amines) is 1. The number of hydrogen-bond donors (Lipinski definition) is 3. The maximum absolute atomic E-state index is 15.4. The predicted octanol–water partition coefficient (Wildman–Crippen LogP) is 5.45. The summed E-state index contributed by atoms with van der Waals surface area (Å²) in [5, 5.41) is 22.7. The van der Waals surface area contributed by atoms with Gasteiger partial charge in [0.1, 0.15) is 11.9 Å². The second-order valence-corrected chi connectivity index (χ2v) is 12.3. The molecule has 3 N–H and O–H groups in total. The molecule has 9 nitrogen and oxygen atoms in total. The maximum Gasteiger partial charge on any atom is 0.308 e. The number of fused-ring (bicyclic) bond motifs is 1. The Bertz CT molecular complexity index is 1390. The molecule has 3 aromatic rings. The Morgan fingerprint density at radius 3 is 2.70 bits per heavy atom. The van der Waals surface area contributed by atoms with Gasteiger partial charge in [0.15, 0.2) is 0 Å². The topological polar surface area (TPSA) is 125 Å². The Morgan fingerprint density at radius 2 is 2.02 bits per heavy atom. The van der Waals surface area contributed by atoms with Crippen LogP contribution in [0, 0.1) is 23.7 Å². The number of carbonyl (C=O) groups is 2. The van der Waals surface area contributed by atoms with Crippen molar-refractivity contribution < 1.29 is 33.3 Å². The van der Waals surface area contributed by atoms with E-state index in [1.165, 1.54) is 17.8 Å². The van der Waals surface area contributed by atoms with Gasteiger partial charge in [-0.2, -0.15) is 4.39 Å². The molecule has 4 atom stereocenters. The summed E-state index contributed by atoms with van der Waals surface area (Å²) >= 11 is 1.45. The number of piperidine rings is 2. The van der Waals surface area contributed by atoms with Gasteiger partial charge in [0, 0.05) is 37.0 Å². The first kappa shape index (κ1) is 33.5. The number of alkyl halides is 1. The van der Waals surface area contributed by atoms with Crippen molar-refractivity contribution in [2.75, 3.05) is 45.6 Å². The molecule has 0 amide bonds. The first-order chi connectivity index (χ1) is 21.2. The van der Waals surface area contributed by atoms with Crippen molar-refractivity contribution in [1.29, 1.82) is 0 Å². The van der Waals surface area contributed by atoms with Crippen LogP contribution >= 0.6 is 11.8 Å². The molecule has 2 aliphatic heterocycles. The van der Waals surface area contributed by atoms with Gasteiger partial charge in [0.25, 0.3) is 0 Å². The molecule has 0 radical (unpaired) electrons. The number of rotatable bonds is 11. The lowest BCUT2D eigenvalue weighted by Gasteiger charge is -2.36. The summed E-state index contributed by atoms with van der Waals surface area (Å²) in [7, 11) is 1.57. The molecule has 0 bridgehead atoms. The SMILES string of the molecule is COc1ccc2nccc(C(F)CC[C@@H]3CCN(CCSc4cccc(F)n4)C[C@@H]3C(=O)O)c2c1.O=C(O)C1CCCNC1. The zero-order valence-corrected chi connectivity index (χ0v) is 25.6. The Hall–Kier alpha value is -3.35. The molecule has 2 aromatic heterocycles. The van der Waals surface area contributed by atoms with Gasteiger partial charge in [0.2, 0.25) is 5.95 Å². The van der Waals surface area contributed by atoms with E-state index in [2.05, 4.69) is 20.2 Å². The molecule has 12 heteroatoms. The standard InChI is InChI=1S/C26H29F2N3O3S.C6H11NO2/c1-34-18-6-8-23-20(15-18)19(9-11-29-23)22(27)7-5-17-10-12-31(16-21(17)26(32)33)13-14-35-25-4-2-3-24(28)30-25;8-6(9)5-2-1-3-7-4-5/h2-4,6,8-9,11,15,17,21-22H,5,7,10,12-14,16H2,1H3,(H,32,33);5,7H,1-4H2,(H,8,9)/t17-,21+,22?;/m1./s1. The molecular formula is C32H40F2N4O5S. The van der Waals surface area contributed by atoms with Crippen molar-refractivity contribution >= 4 is 34.6 Å². The molecule has 2 unspecified atom stereocenters. The number of methoxy groups -OCH3 is 1. The largest absolute Gasteiger partial charge is 0.497 e. The number of carboxylic acid groups (broad SMARTS) is 2. The molecule has 1 aromatic carbocycles. The van der Waals surface area contributed by atoms with E-state index in [0.29, 0.717) is 65.5 Å². The van der Waals surface area contributed by atoms with Gasteiger partial charge in [-0.05, 0) is 93.1 Å². The summed E-state index contributed by atoms with van der Waals surface area (Å²) in [6, 6.07) is 11.8. The van der Waals surface area contributed by atoms with Crippen LogP contribution in [0.1, 0.15) is 43.8 Å². The number of carboxylic acids is 2. The Labute approximate surface area is 260 Å². The minimum atomic E-state index is -1.21. The number of aliphatic carboxylic acids is 2. The summed E-state index contributed by atoms with van der Waals surface area (Å²) in [6.07, 6.45) is 3.69. The fourth-order valence-electron chi connectivity index (χ4n) is 5.77. The first-order valence-corrected chi connectivity index (χ1v) is 15.9. The third kappa shape index (κ3) is 9.57. The van der Waals surface area contributed by atoms with E-state index in [1.807, 2.05) is 6.07 Å². The lowest BCUT2D eigenvalue weighted by Crippen LogP contribution is -2.44. The highest BCUT2D eigenvalue weighted by molar-refractivity contribution is 7.99. The Morgan fingerprint density at radius 1 is 1.18 bits per heavy atom. The minimum absolute atomic E-state index is 0.0813. The van der Waals surface area contributed by atoms with Crippen LogP contribution in [0.2, 0.25) is 0 Å². The number of thioether (sulfide) groups is 1. The third-order valence-corrected chi connectivity index (χ3v) is 9.17. The normalized spacial score (nSPS) is 21.2. The van der Waals surface area contributed by atoms with Crippen molar-refractivity contribution in [3.63, 3.8) is 0 Å². The lowest BCUT2D eigenvalue weighted by atomic mass is 9.81. The highest BCUT2D eigenvalue weighted by atomic mass is 32.2. The van der Waals surface area contributed by atoms with Gasteiger partial charge in [-0.15, -0.1) is 11.8 Å². The average Bonchev–Trinajstić information content (AvgIpc) is 3.04. The number of hydrogen-bond acceptors (Lipinski definition) is 8. The van der Waals surface area contributed by atoms with E-state index in [0.717, 1.165) is 25.9 Å².